The average Bonchev–Trinajstić information content (AvgIpc) is 2.90. The molecule has 2 heterocycles. The molecule has 2 aromatic carbocycles. The minimum absolute atomic E-state index is 0.140. The van der Waals surface area contributed by atoms with Crippen LogP contribution in [0.4, 0.5) is 34.6 Å². The van der Waals surface area contributed by atoms with Crippen LogP contribution in [-0.4, -0.2) is 61.1 Å². The van der Waals surface area contributed by atoms with Crippen LogP contribution in [0.3, 0.4) is 0 Å². The van der Waals surface area contributed by atoms with E-state index in [1.807, 2.05) is 36.4 Å². The van der Waals surface area contributed by atoms with Crippen LogP contribution in [0.2, 0.25) is 5.02 Å². The molecule has 0 radical (unpaired) electrons. The number of methoxy groups -OCH3 is 1. The van der Waals surface area contributed by atoms with Crippen LogP contribution in [0.15, 0.2) is 55.1 Å². The first-order valence-corrected chi connectivity index (χ1v) is 12.2. The number of carbonyl (C=O) groups is 1. The molecule has 0 spiro atoms. The van der Waals surface area contributed by atoms with Crippen LogP contribution in [0, 0.1) is 0 Å². The third-order valence-electron chi connectivity index (χ3n) is 6.02. The molecule has 0 atom stereocenters. The zero-order chi connectivity index (χ0) is 26.4. The van der Waals surface area contributed by atoms with Crippen molar-refractivity contribution < 1.29 is 9.53 Å². The monoisotopic (exact) mass is 522 g/mol. The number of ether oxygens (including phenoxy) is 1. The van der Waals surface area contributed by atoms with Crippen LogP contribution in [0.5, 0.6) is 5.75 Å². The molecule has 4 rings (SSSR count). The number of aromatic nitrogens is 2. The normalized spacial score (nSPS) is 13.6. The van der Waals surface area contributed by atoms with Crippen molar-refractivity contribution in [2.24, 2.45) is 0 Å². The Morgan fingerprint density at radius 1 is 1.19 bits per heavy atom. The maximum absolute atomic E-state index is 11.6. The van der Waals surface area contributed by atoms with E-state index in [2.05, 4.69) is 49.3 Å². The molecule has 1 amide bonds. The molecule has 5 N–H and O–H groups in total. The van der Waals surface area contributed by atoms with Gasteiger partial charge in [-0.15, -0.1) is 0 Å². The van der Waals surface area contributed by atoms with Gasteiger partial charge in [-0.3, -0.25) is 4.79 Å². The third kappa shape index (κ3) is 6.60. The standard InChI is InChI=1S/C26H31ClN8O2/c1-4-22(36)30-18-7-5-6-17(14-18)16-29-25-23(27)24(28)32-26(33-25)31-20-9-8-19(15-21(20)37-3)35-12-10-34(2)11-13-35/h4-9,14-15H,1,10-13,16H2,2-3H3,(H,30,36)(H4,28,29,31,32,33). The highest BCUT2D eigenvalue weighted by molar-refractivity contribution is 6.35. The average molecular weight is 523 g/mol. The fraction of sp³-hybridized carbons (Fsp3) is 0.269. The maximum Gasteiger partial charge on any atom is 0.247 e. The lowest BCUT2D eigenvalue weighted by Gasteiger charge is -2.34. The highest BCUT2D eigenvalue weighted by atomic mass is 35.5. The van der Waals surface area contributed by atoms with E-state index in [-0.39, 0.29) is 22.7 Å². The number of carbonyl (C=O) groups excluding carboxylic acids is 1. The Morgan fingerprint density at radius 2 is 1.97 bits per heavy atom. The topological polar surface area (TPSA) is 121 Å². The molecule has 1 saturated heterocycles. The first-order chi connectivity index (χ1) is 17.9. The molecule has 0 aliphatic carbocycles. The predicted molar refractivity (Wildman–Crippen MR) is 150 cm³/mol. The van der Waals surface area contributed by atoms with Crippen molar-refractivity contribution in [2.75, 3.05) is 66.9 Å². The summed E-state index contributed by atoms with van der Waals surface area (Å²) in [5.74, 6) is 1.19. The number of hydrogen-bond donors (Lipinski definition) is 4. The van der Waals surface area contributed by atoms with Gasteiger partial charge in [-0.25, -0.2) is 0 Å². The van der Waals surface area contributed by atoms with E-state index >= 15 is 0 Å². The lowest BCUT2D eigenvalue weighted by Crippen LogP contribution is -2.44. The number of rotatable bonds is 9. The number of benzene rings is 2. The maximum atomic E-state index is 11.6. The molecule has 37 heavy (non-hydrogen) atoms. The molecule has 1 aromatic heterocycles. The molecule has 1 aliphatic heterocycles. The van der Waals surface area contributed by atoms with Crippen molar-refractivity contribution in [1.82, 2.24) is 14.9 Å². The van der Waals surface area contributed by atoms with Gasteiger partial charge < -0.3 is 36.2 Å². The Balaban J connectivity index is 1.49. The number of likely N-dealkylation sites (N-methyl/N-ethyl adjacent to an activating group) is 1. The van der Waals surface area contributed by atoms with Gasteiger partial charge in [0.2, 0.25) is 11.9 Å². The van der Waals surface area contributed by atoms with E-state index in [0.29, 0.717) is 29.5 Å². The van der Waals surface area contributed by atoms with Crippen molar-refractivity contribution in [2.45, 2.75) is 6.54 Å². The van der Waals surface area contributed by atoms with Crippen molar-refractivity contribution in [3.8, 4) is 5.75 Å². The van der Waals surface area contributed by atoms with Crippen LogP contribution in [-0.2, 0) is 11.3 Å². The number of piperazine rings is 1. The van der Waals surface area contributed by atoms with E-state index in [1.54, 1.807) is 13.2 Å². The molecule has 3 aromatic rings. The van der Waals surface area contributed by atoms with E-state index < -0.39 is 0 Å². The Kier molecular flexibility index (Phi) is 8.32. The summed E-state index contributed by atoms with van der Waals surface area (Å²) in [6.07, 6.45) is 1.22. The Labute approximate surface area is 221 Å². The molecule has 1 aliphatic rings. The zero-order valence-electron chi connectivity index (χ0n) is 20.9. The summed E-state index contributed by atoms with van der Waals surface area (Å²) in [5.41, 5.74) is 9.45. The van der Waals surface area contributed by atoms with Gasteiger partial charge in [-0.2, -0.15) is 9.97 Å². The molecular weight excluding hydrogens is 492 g/mol. The molecular formula is C26H31ClN8O2. The summed E-state index contributed by atoms with van der Waals surface area (Å²) in [6, 6.07) is 13.4. The summed E-state index contributed by atoms with van der Waals surface area (Å²) in [7, 11) is 3.76. The zero-order valence-corrected chi connectivity index (χ0v) is 21.7. The molecule has 0 bridgehead atoms. The van der Waals surface area contributed by atoms with Gasteiger partial charge in [0.25, 0.3) is 0 Å². The van der Waals surface area contributed by atoms with Crippen LogP contribution < -0.4 is 31.3 Å². The number of nitrogens with one attached hydrogen (secondary N) is 3. The summed E-state index contributed by atoms with van der Waals surface area (Å²) < 4.78 is 5.64. The smallest absolute Gasteiger partial charge is 0.247 e. The van der Waals surface area contributed by atoms with Crippen molar-refractivity contribution >= 4 is 52.2 Å². The molecule has 194 valence electrons. The van der Waals surface area contributed by atoms with Crippen LogP contribution >= 0.6 is 11.6 Å². The van der Waals surface area contributed by atoms with Gasteiger partial charge in [0, 0.05) is 50.2 Å². The summed E-state index contributed by atoms with van der Waals surface area (Å²) in [6.45, 7) is 7.82. The molecule has 1 fully saturated rings. The summed E-state index contributed by atoms with van der Waals surface area (Å²) in [5, 5.41) is 9.35. The van der Waals surface area contributed by atoms with Crippen molar-refractivity contribution in [1.29, 1.82) is 0 Å². The van der Waals surface area contributed by atoms with E-state index in [4.69, 9.17) is 22.1 Å². The van der Waals surface area contributed by atoms with Gasteiger partial charge >= 0.3 is 0 Å². The van der Waals surface area contributed by atoms with Gasteiger partial charge in [0.05, 0.1) is 12.8 Å². The van der Waals surface area contributed by atoms with Crippen LogP contribution in [0.25, 0.3) is 0 Å². The summed E-state index contributed by atoms with van der Waals surface area (Å²) in [4.78, 5) is 25.1. The third-order valence-corrected chi connectivity index (χ3v) is 6.39. The number of amides is 1. The van der Waals surface area contributed by atoms with E-state index in [1.165, 1.54) is 6.08 Å². The van der Waals surface area contributed by atoms with E-state index in [9.17, 15) is 4.79 Å². The second-order valence-corrected chi connectivity index (χ2v) is 9.02. The fourth-order valence-corrected chi connectivity index (χ4v) is 4.09. The highest BCUT2D eigenvalue weighted by Gasteiger charge is 2.17. The minimum Gasteiger partial charge on any atom is -0.494 e. The van der Waals surface area contributed by atoms with Gasteiger partial charge in [-0.1, -0.05) is 30.3 Å². The second kappa shape index (κ2) is 11.8. The molecule has 10 nitrogen and oxygen atoms in total. The number of anilines is 6. The van der Waals surface area contributed by atoms with Gasteiger partial charge in [-0.05, 0) is 43.0 Å². The largest absolute Gasteiger partial charge is 0.494 e. The number of nitrogen functional groups attached to an aromatic ring is 1. The number of hydrogen-bond acceptors (Lipinski definition) is 9. The Bertz CT molecular complexity index is 1280. The molecule has 11 heteroatoms. The molecule has 0 saturated carbocycles. The minimum atomic E-state index is -0.278. The number of nitrogens with zero attached hydrogens (tertiary/aromatic N) is 4. The van der Waals surface area contributed by atoms with Crippen LogP contribution in [0.1, 0.15) is 5.56 Å². The molecule has 0 unspecified atom stereocenters. The lowest BCUT2D eigenvalue weighted by atomic mass is 10.2. The highest BCUT2D eigenvalue weighted by Crippen LogP contribution is 2.33. The van der Waals surface area contributed by atoms with Crippen molar-refractivity contribution in [3.05, 3.63) is 65.7 Å². The lowest BCUT2D eigenvalue weighted by molar-refractivity contribution is -0.111. The van der Waals surface area contributed by atoms with Gasteiger partial charge in [0.15, 0.2) is 5.82 Å². The first kappa shape index (κ1) is 26.1. The SMILES string of the molecule is C=CC(=O)Nc1cccc(CNc2nc(Nc3ccc(N4CCN(C)CC4)cc3OC)nc(N)c2Cl)c1. The van der Waals surface area contributed by atoms with E-state index in [0.717, 1.165) is 37.4 Å². The number of halogens is 1. The second-order valence-electron chi connectivity index (χ2n) is 8.64. The quantitative estimate of drug-likeness (QED) is 0.309. The Hall–Kier alpha value is -4.02. The predicted octanol–water partition coefficient (Wildman–Crippen LogP) is 3.95. The summed E-state index contributed by atoms with van der Waals surface area (Å²) >= 11 is 6.39. The van der Waals surface area contributed by atoms with Gasteiger partial charge in [0.1, 0.15) is 16.6 Å². The first-order valence-electron chi connectivity index (χ1n) is 11.8. The number of nitrogens with two attached hydrogens (primary N) is 1. The van der Waals surface area contributed by atoms with Crippen molar-refractivity contribution in [3.63, 3.8) is 0 Å². The Morgan fingerprint density at radius 3 is 2.70 bits per heavy atom. The fourth-order valence-electron chi connectivity index (χ4n) is 3.94.